The molecule has 1 fully saturated rings. The van der Waals surface area contributed by atoms with E-state index in [1.165, 1.54) is 0 Å². The van der Waals surface area contributed by atoms with E-state index in [0.29, 0.717) is 5.82 Å². The number of morpholine rings is 1. The Morgan fingerprint density at radius 2 is 2.00 bits per heavy atom. The predicted octanol–water partition coefficient (Wildman–Crippen LogP) is 2.35. The summed E-state index contributed by atoms with van der Waals surface area (Å²) in [6.07, 6.45) is 7.55. The molecule has 140 valence electrons. The van der Waals surface area contributed by atoms with Crippen molar-refractivity contribution in [2.75, 3.05) is 33.9 Å². The minimum absolute atomic E-state index is 0.158. The van der Waals surface area contributed by atoms with Gasteiger partial charge in [-0.2, -0.15) is 0 Å². The van der Waals surface area contributed by atoms with Gasteiger partial charge in [0.05, 0.1) is 37.5 Å². The van der Waals surface area contributed by atoms with Gasteiger partial charge in [-0.05, 0) is 19.2 Å². The van der Waals surface area contributed by atoms with Gasteiger partial charge in [0.1, 0.15) is 11.6 Å². The van der Waals surface area contributed by atoms with E-state index in [1.54, 1.807) is 13.3 Å². The minimum Gasteiger partial charge on any atom is -0.496 e. The molecule has 2 aromatic heterocycles. The minimum atomic E-state index is 0.158. The van der Waals surface area contributed by atoms with Crippen LogP contribution in [0.2, 0.25) is 0 Å². The van der Waals surface area contributed by atoms with Crippen LogP contribution in [0.4, 0.5) is 0 Å². The van der Waals surface area contributed by atoms with Crippen LogP contribution in [0.15, 0.2) is 49.1 Å². The summed E-state index contributed by atoms with van der Waals surface area (Å²) in [6, 6.07) is 7.73. The largest absolute Gasteiger partial charge is 0.496 e. The quantitative estimate of drug-likeness (QED) is 0.692. The highest BCUT2D eigenvalue weighted by Crippen LogP contribution is 2.27. The highest BCUT2D eigenvalue weighted by atomic mass is 16.5. The first kappa shape index (κ1) is 17.6. The second-order valence-corrected chi connectivity index (χ2v) is 6.65. The fourth-order valence-corrected chi connectivity index (χ4v) is 3.33. The van der Waals surface area contributed by atoms with E-state index in [0.717, 1.165) is 48.9 Å². The molecule has 7 nitrogen and oxygen atoms in total. The molecule has 0 radical (unpaired) electrons. The van der Waals surface area contributed by atoms with Crippen LogP contribution in [-0.4, -0.2) is 64.4 Å². The molecule has 1 aromatic carbocycles. The third kappa shape index (κ3) is 3.84. The molecule has 27 heavy (non-hydrogen) atoms. The SMILES string of the molecule is COc1ccccc1-c1ncc(-c2nccn2CC2CN(C)CCO2)cn1. The number of aromatic nitrogens is 4. The van der Waals surface area contributed by atoms with E-state index >= 15 is 0 Å². The Kier molecular flexibility index (Phi) is 5.13. The number of para-hydroxylation sites is 1. The lowest BCUT2D eigenvalue weighted by atomic mass is 10.2. The van der Waals surface area contributed by atoms with E-state index in [-0.39, 0.29) is 6.10 Å². The molecule has 1 saturated heterocycles. The van der Waals surface area contributed by atoms with Crippen LogP contribution in [0.1, 0.15) is 0 Å². The first-order valence-electron chi connectivity index (χ1n) is 9.01. The van der Waals surface area contributed by atoms with Crippen LogP contribution in [0.5, 0.6) is 5.75 Å². The maximum absolute atomic E-state index is 5.88. The maximum atomic E-state index is 5.88. The van der Waals surface area contributed by atoms with Crippen molar-refractivity contribution in [2.24, 2.45) is 0 Å². The Morgan fingerprint density at radius 1 is 1.19 bits per heavy atom. The lowest BCUT2D eigenvalue weighted by molar-refractivity contribution is -0.0272. The normalized spacial score (nSPS) is 17.8. The second-order valence-electron chi connectivity index (χ2n) is 6.65. The van der Waals surface area contributed by atoms with Crippen LogP contribution >= 0.6 is 0 Å². The molecule has 4 rings (SSSR count). The van der Waals surface area contributed by atoms with Crippen molar-refractivity contribution < 1.29 is 9.47 Å². The van der Waals surface area contributed by atoms with Gasteiger partial charge >= 0.3 is 0 Å². The fourth-order valence-electron chi connectivity index (χ4n) is 3.33. The van der Waals surface area contributed by atoms with Gasteiger partial charge in [0.2, 0.25) is 0 Å². The van der Waals surface area contributed by atoms with Crippen molar-refractivity contribution in [2.45, 2.75) is 12.6 Å². The summed E-state index contributed by atoms with van der Waals surface area (Å²) in [4.78, 5) is 15.8. The molecule has 1 aliphatic rings. The number of nitrogens with zero attached hydrogens (tertiary/aromatic N) is 5. The average molecular weight is 365 g/mol. The Labute approximate surface area is 158 Å². The lowest BCUT2D eigenvalue weighted by Gasteiger charge is -2.30. The molecule has 7 heteroatoms. The van der Waals surface area contributed by atoms with Crippen molar-refractivity contribution in [3.05, 3.63) is 49.1 Å². The zero-order valence-electron chi connectivity index (χ0n) is 15.6. The van der Waals surface area contributed by atoms with Crippen LogP contribution in [0.3, 0.4) is 0 Å². The van der Waals surface area contributed by atoms with E-state index in [9.17, 15) is 0 Å². The van der Waals surface area contributed by atoms with E-state index in [4.69, 9.17) is 9.47 Å². The zero-order chi connectivity index (χ0) is 18.6. The van der Waals surface area contributed by atoms with Crippen molar-refractivity contribution in [3.8, 4) is 28.5 Å². The van der Waals surface area contributed by atoms with Crippen molar-refractivity contribution in [1.82, 2.24) is 24.4 Å². The zero-order valence-corrected chi connectivity index (χ0v) is 15.6. The van der Waals surface area contributed by atoms with Crippen molar-refractivity contribution in [1.29, 1.82) is 0 Å². The standard InChI is InChI=1S/C20H23N5O2/c1-24-9-10-27-16(13-24)14-25-8-7-21-20(25)15-11-22-19(23-12-15)17-5-3-4-6-18(17)26-2/h3-8,11-12,16H,9-10,13-14H2,1-2H3. The fraction of sp³-hybridized carbons (Fsp3) is 0.350. The summed E-state index contributed by atoms with van der Waals surface area (Å²) < 4.78 is 13.4. The molecule has 0 N–H and O–H groups in total. The van der Waals surface area contributed by atoms with Gasteiger partial charge in [-0.15, -0.1) is 0 Å². The maximum Gasteiger partial charge on any atom is 0.162 e. The summed E-state index contributed by atoms with van der Waals surface area (Å²) in [6.45, 7) is 3.42. The molecule has 3 aromatic rings. The van der Waals surface area contributed by atoms with Crippen LogP contribution < -0.4 is 4.74 Å². The first-order valence-corrected chi connectivity index (χ1v) is 9.01. The topological polar surface area (TPSA) is 65.3 Å². The van der Waals surface area contributed by atoms with E-state index in [2.05, 4.69) is 31.5 Å². The van der Waals surface area contributed by atoms with Gasteiger partial charge in [0, 0.05) is 37.9 Å². The number of imidazole rings is 1. The third-order valence-corrected chi connectivity index (χ3v) is 4.72. The average Bonchev–Trinajstić information content (AvgIpc) is 3.16. The molecule has 0 bridgehead atoms. The van der Waals surface area contributed by atoms with Gasteiger partial charge in [-0.25, -0.2) is 15.0 Å². The summed E-state index contributed by atoms with van der Waals surface area (Å²) in [7, 11) is 3.77. The van der Waals surface area contributed by atoms with Gasteiger partial charge in [-0.1, -0.05) is 12.1 Å². The predicted molar refractivity (Wildman–Crippen MR) is 102 cm³/mol. The van der Waals surface area contributed by atoms with Gasteiger partial charge in [0.25, 0.3) is 0 Å². The number of rotatable bonds is 5. The molecule has 1 aliphatic heterocycles. The molecule has 0 aliphatic carbocycles. The highest BCUT2D eigenvalue weighted by molar-refractivity contribution is 5.65. The number of ether oxygens (including phenoxy) is 2. The number of likely N-dealkylation sites (N-methyl/N-ethyl adjacent to an activating group) is 1. The molecular formula is C20H23N5O2. The first-order chi connectivity index (χ1) is 13.2. The van der Waals surface area contributed by atoms with Crippen molar-refractivity contribution >= 4 is 0 Å². The summed E-state index contributed by atoms with van der Waals surface area (Å²) in [5.41, 5.74) is 1.75. The Bertz CT molecular complexity index is 893. The summed E-state index contributed by atoms with van der Waals surface area (Å²) in [5, 5.41) is 0. The highest BCUT2D eigenvalue weighted by Gasteiger charge is 2.20. The smallest absolute Gasteiger partial charge is 0.162 e. The molecule has 0 saturated carbocycles. The van der Waals surface area contributed by atoms with E-state index in [1.807, 2.05) is 42.9 Å². The van der Waals surface area contributed by atoms with Gasteiger partial charge in [-0.3, -0.25) is 0 Å². The third-order valence-electron chi connectivity index (χ3n) is 4.72. The number of benzene rings is 1. The molecule has 3 heterocycles. The molecular weight excluding hydrogens is 342 g/mol. The molecule has 0 amide bonds. The Morgan fingerprint density at radius 3 is 2.78 bits per heavy atom. The van der Waals surface area contributed by atoms with E-state index < -0.39 is 0 Å². The van der Waals surface area contributed by atoms with Gasteiger partial charge < -0.3 is 18.9 Å². The Hall–Kier alpha value is -2.77. The van der Waals surface area contributed by atoms with Crippen molar-refractivity contribution in [3.63, 3.8) is 0 Å². The molecule has 0 spiro atoms. The van der Waals surface area contributed by atoms with Gasteiger partial charge in [0.15, 0.2) is 5.82 Å². The summed E-state index contributed by atoms with van der Waals surface area (Å²) in [5.74, 6) is 2.23. The molecule has 1 atom stereocenters. The van der Waals surface area contributed by atoms with Crippen LogP contribution in [0.25, 0.3) is 22.8 Å². The number of hydrogen-bond acceptors (Lipinski definition) is 6. The van der Waals surface area contributed by atoms with Crippen LogP contribution in [0, 0.1) is 0 Å². The second kappa shape index (κ2) is 7.85. The summed E-state index contributed by atoms with van der Waals surface area (Å²) >= 11 is 0. The number of methoxy groups -OCH3 is 1. The Balaban J connectivity index is 1.56. The monoisotopic (exact) mass is 365 g/mol. The van der Waals surface area contributed by atoms with Crippen LogP contribution in [-0.2, 0) is 11.3 Å². The lowest BCUT2D eigenvalue weighted by Crippen LogP contribution is -2.41. The number of hydrogen-bond donors (Lipinski definition) is 0. The molecule has 1 unspecified atom stereocenters.